The van der Waals surface area contributed by atoms with Gasteiger partial charge in [0, 0.05) is 19.7 Å². The Bertz CT molecular complexity index is 211. The molecular formula is C11H22F3NO2. The SMILES string of the molecule is CC.CO[C@@H](C)[C@@H]1C[C@@H](OC(F)(F)F)CN1C. The summed E-state index contributed by atoms with van der Waals surface area (Å²) in [7, 11) is 3.33. The molecule has 1 aliphatic rings. The Kier molecular flexibility index (Phi) is 7.04. The lowest BCUT2D eigenvalue weighted by Crippen LogP contribution is -2.35. The number of likely N-dealkylation sites (N-methyl/N-ethyl adjacent to an activating group) is 1. The highest BCUT2D eigenvalue weighted by Gasteiger charge is 2.40. The van der Waals surface area contributed by atoms with Gasteiger partial charge in [0.2, 0.25) is 0 Å². The first-order valence-corrected chi connectivity index (χ1v) is 5.81. The molecule has 1 fully saturated rings. The molecule has 0 bridgehead atoms. The van der Waals surface area contributed by atoms with Crippen LogP contribution >= 0.6 is 0 Å². The number of hydrogen-bond acceptors (Lipinski definition) is 3. The topological polar surface area (TPSA) is 21.7 Å². The van der Waals surface area contributed by atoms with E-state index >= 15 is 0 Å². The maximum Gasteiger partial charge on any atom is 0.522 e. The van der Waals surface area contributed by atoms with Gasteiger partial charge >= 0.3 is 6.36 Å². The van der Waals surface area contributed by atoms with E-state index in [2.05, 4.69) is 4.74 Å². The fourth-order valence-corrected chi connectivity index (χ4v) is 1.96. The summed E-state index contributed by atoms with van der Waals surface area (Å²) in [5.41, 5.74) is 0. The molecule has 0 spiro atoms. The van der Waals surface area contributed by atoms with Gasteiger partial charge in [-0.1, -0.05) is 13.8 Å². The number of rotatable bonds is 3. The summed E-state index contributed by atoms with van der Waals surface area (Å²) in [5.74, 6) is 0. The second-order valence-corrected chi connectivity index (χ2v) is 3.87. The predicted octanol–water partition coefficient (Wildman–Crippen LogP) is 2.66. The largest absolute Gasteiger partial charge is 0.522 e. The standard InChI is InChI=1S/C9H16F3NO2.C2H6/c1-6(14-3)8-4-7(5-13(8)2)15-9(10,11)12;1-2/h6-8H,4-5H2,1-3H3;1-2H3/t6-,7+,8-;/m0./s1. The maximum absolute atomic E-state index is 12.0. The van der Waals surface area contributed by atoms with E-state index in [1.807, 2.05) is 25.7 Å². The molecule has 0 aromatic heterocycles. The van der Waals surface area contributed by atoms with Gasteiger partial charge in [0.25, 0.3) is 0 Å². The second kappa shape index (κ2) is 7.18. The monoisotopic (exact) mass is 257 g/mol. The van der Waals surface area contributed by atoms with Gasteiger partial charge in [-0.05, 0) is 20.4 Å². The average molecular weight is 257 g/mol. The van der Waals surface area contributed by atoms with Crippen LogP contribution in [0, 0.1) is 0 Å². The van der Waals surface area contributed by atoms with Crippen LogP contribution in [-0.4, -0.2) is 50.2 Å². The highest BCUT2D eigenvalue weighted by atomic mass is 19.4. The minimum atomic E-state index is -4.54. The summed E-state index contributed by atoms with van der Waals surface area (Å²) in [6.07, 6.45) is -5.06. The summed E-state index contributed by atoms with van der Waals surface area (Å²) in [5, 5.41) is 0. The predicted molar refractivity (Wildman–Crippen MR) is 59.8 cm³/mol. The minimum Gasteiger partial charge on any atom is -0.380 e. The van der Waals surface area contributed by atoms with Crippen molar-refractivity contribution >= 4 is 0 Å². The van der Waals surface area contributed by atoms with Crippen molar-refractivity contribution in [2.45, 2.75) is 51.8 Å². The van der Waals surface area contributed by atoms with Gasteiger partial charge < -0.3 is 4.74 Å². The van der Waals surface area contributed by atoms with Crippen molar-refractivity contribution in [3.8, 4) is 0 Å². The van der Waals surface area contributed by atoms with E-state index in [9.17, 15) is 13.2 Å². The van der Waals surface area contributed by atoms with Gasteiger partial charge in [0.1, 0.15) is 0 Å². The summed E-state index contributed by atoms with van der Waals surface area (Å²) >= 11 is 0. The van der Waals surface area contributed by atoms with Crippen LogP contribution in [0.3, 0.4) is 0 Å². The van der Waals surface area contributed by atoms with E-state index in [1.54, 1.807) is 14.2 Å². The lowest BCUT2D eigenvalue weighted by Gasteiger charge is -2.24. The van der Waals surface area contributed by atoms with Crippen LogP contribution in [0.1, 0.15) is 27.2 Å². The molecule has 0 radical (unpaired) electrons. The van der Waals surface area contributed by atoms with Gasteiger partial charge in [-0.15, -0.1) is 13.2 Å². The zero-order valence-corrected chi connectivity index (χ0v) is 11.0. The quantitative estimate of drug-likeness (QED) is 0.776. The fourth-order valence-electron chi connectivity index (χ4n) is 1.96. The van der Waals surface area contributed by atoms with Gasteiger partial charge in [0.15, 0.2) is 0 Å². The third-order valence-corrected chi connectivity index (χ3v) is 2.78. The van der Waals surface area contributed by atoms with Crippen molar-refractivity contribution in [1.29, 1.82) is 0 Å². The lowest BCUT2D eigenvalue weighted by molar-refractivity contribution is -0.340. The molecule has 17 heavy (non-hydrogen) atoms. The normalized spacial score (nSPS) is 27.5. The lowest BCUT2D eigenvalue weighted by atomic mass is 10.1. The molecule has 1 rings (SSSR count). The van der Waals surface area contributed by atoms with E-state index < -0.39 is 12.5 Å². The molecule has 3 nitrogen and oxygen atoms in total. The van der Waals surface area contributed by atoms with Crippen LogP contribution < -0.4 is 0 Å². The van der Waals surface area contributed by atoms with Crippen molar-refractivity contribution in [3.05, 3.63) is 0 Å². The Morgan fingerprint density at radius 3 is 2.24 bits per heavy atom. The maximum atomic E-state index is 12.0. The Hall–Kier alpha value is -0.330. The van der Waals surface area contributed by atoms with Crippen molar-refractivity contribution < 1.29 is 22.6 Å². The van der Waals surface area contributed by atoms with E-state index in [4.69, 9.17) is 4.74 Å². The molecule has 6 heteroatoms. The number of methoxy groups -OCH3 is 1. The van der Waals surface area contributed by atoms with Gasteiger partial charge in [0.05, 0.1) is 12.2 Å². The van der Waals surface area contributed by atoms with E-state index in [-0.39, 0.29) is 18.7 Å². The van der Waals surface area contributed by atoms with Crippen molar-refractivity contribution in [2.24, 2.45) is 0 Å². The van der Waals surface area contributed by atoms with Crippen LogP contribution in [0.15, 0.2) is 0 Å². The van der Waals surface area contributed by atoms with Crippen LogP contribution in [0.25, 0.3) is 0 Å². The van der Waals surface area contributed by atoms with Crippen LogP contribution in [0.2, 0.25) is 0 Å². The molecule has 0 aromatic rings. The van der Waals surface area contributed by atoms with Crippen LogP contribution in [-0.2, 0) is 9.47 Å². The second-order valence-electron chi connectivity index (χ2n) is 3.87. The first-order chi connectivity index (χ1) is 7.83. The van der Waals surface area contributed by atoms with Gasteiger partial charge in [-0.3, -0.25) is 9.64 Å². The van der Waals surface area contributed by atoms with E-state index in [1.165, 1.54) is 0 Å². The number of halogens is 3. The molecule has 0 amide bonds. The van der Waals surface area contributed by atoms with E-state index in [0.29, 0.717) is 6.42 Å². The minimum absolute atomic E-state index is 0.0117. The first kappa shape index (κ1) is 16.7. The molecule has 0 saturated carbocycles. The summed E-state index contributed by atoms with van der Waals surface area (Å²) in [4.78, 5) is 1.84. The summed E-state index contributed by atoms with van der Waals surface area (Å²) in [6.45, 7) is 6.13. The molecule has 0 N–H and O–H groups in total. The third-order valence-electron chi connectivity index (χ3n) is 2.78. The highest BCUT2D eigenvalue weighted by Crippen LogP contribution is 2.28. The van der Waals surface area contributed by atoms with Crippen molar-refractivity contribution in [3.63, 3.8) is 0 Å². The van der Waals surface area contributed by atoms with Crippen molar-refractivity contribution in [2.75, 3.05) is 20.7 Å². The molecular weight excluding hydrogens is 235 g/mol. The molecule has 1 aliphatic heterocycles. The molecule has 3 atom stereocenters. The summed E-state index contributed by atoms with van der Waals surface area (Å²) < 4.78 is 45.0. The first-order valence-electron chi connectivity index (χ1n) is 5.81. The number of ether oxygens (including phenoxy) is 2. The van der Waals surface area contributed by atoms with Crippen LogP contribution in [0.5, 0.6) is 0 Å². The fraction of sp³-hybridized carbons (Fsp3) is 1.00. The average Bonchev–Trinajstić information content (AvgIpc) is 2.58. The Labute approximate surface area is 101 Å². The molecule has 0 aromatic carbocycles. The summed E-state index contributed by atoms with van der Waals surface area (Å²) in [6, 6.07) is -0.0117. The Morgan fingerprint density at radius 1 is 1.29 bits per heavy atom. The highest BCUT2D eigenvalue weighted by molar-refractivity contribution is 4.87. The smallest absolute Gasteiger partial charge is 0.380 e. The molecule has 104 valence electrons. The third kappa shape index (κ3) is 5.70. The molecule has 0 aliphatic carbocycles. The zero-order valence-electron chi connectivity index (χ0n) is 11.0. The molecule has 1 heterocycles. The number of likely N-dealkylation sites (tertiary alicyclic amines) is 1. The van der Waals surface area contributed by atoms with Crippen molar-refractivity contribution in [1.82, 2.24) is 4.90 Å². The molecule has 1 saturated heterocycles. The Morgan fingerprint density at radius 2 is 1.82 bits per heavy atom. The Balaban J connectivity index is 0.00000121. The van der Waals surface area contributed by atoms with E-state index in [0.717, 1.165) is 0 Å². The van der Waals surface area contributed by atoms with Gasteiger partial charge in [-0.2, -0.15) is 0 Å². The number of nitrogens with zero attached hydrogens (tertiary/aromatic N) is 1. The molecule has 0 unspecified atom stereocenters. The number of hydrogen-bond donors (Lipinski definition) is 0. The van der Waals surface area contributed by atoms with Gasteiger partial charge in [-0.25, -0.2) is 0 Å². The van der Waals surface area contributed by atoms with Crippen LogP contribution in [0.4, 0.5) is 13.2 Å². The zero-order chi connectivity index (χ0) is 13.6. The number of alkyl halides is 3.